The lowest BCUT2D eigenvalue weighted by Crippen LogP contribution is -2.30. The van der Waals surface area contributed by atoms with Crippen molar-refractivity contribution in [3.63, 3.8) is 0 Å². The van der Waals surface area contributed by atoms with Crippen molar-refractivity contribution in [2.24, 2.45) is 0 Å². The second kappa shape index (κ2) is 3.14. The van der Waals surface area contributed by atoms with Gasteiger partial charge in [-0.1, -0.05) is 23.7 Å². The van der Waals surface area contributed by atoms with E-state index in [2.05, 4.69) is 11.4 Å². The fraction of sp³-hybridized carbons (Fsp3) is 0.455. The first kappa shape index (κ1) is 8.57. The Morgan fingerprint density at radius 1 is 1.43 bits per heavy atom. The van der Waals surface area contributed by atoms with Crippen LogP contribution in [0.4, 0.5) is 5.69 Å². The highest BCUT2D eigenvalue weighted by Crippen LogP contribution is 2.42. The van der Waals surface area contributed by atoms with E-state index in [0.717, 1.165) is 30.3 Å². The van der Waals surface area contributed by atoms with Gasteiger partial charge in [-0.3, -0.25) is 0 Å². The maximum absolute atomic E-state index is 6.13. The Balaban J connectivity index is 2.05. The third-order valence-corrected chi connectivity index (χ3v) is 3.45. The molecule has 0 spiro atoms. The van der Waals surface area contributed by atoms with Crippen LogP contribution in [-0.2, 0) is 4.74 Å². The van der Waals surface area contributed by atoms with Crippen LogP contribution in [0.5, 0.6) is 0 Å². The van der Waals surface area contributed by atoms with Crippen LogP contribution in [0.25, 0.3) is 0 Å². The second-order valence-electron chi connectivity index (χ2n) is 3.92. The lowest BCUT2D eigenvalue weighted by Gasteiger charge is -2.25. The van der Waals surface area contributed by atoms with E-state index in [9.17, 15) is 0 Å². The number of rotatable bonds is 0. The van der Waals surface area contributed by atoms with Crippen LogP contribution in [0.1, 0.15) is 17.9 Å². The van der Waals surface area contributed by atoms with Gasteiger partial charge in [0.2, 0.25) is 0 Å². The summed E-state index contributed by atoms with van der Waals surface area (Å²) in [6.45, 7) is 1.69. The first-order valence-corrected chi connectivity index (χ1v) is 5.37. The number of hydrogen-bond donors (Lipinski definition) is 1. The number of fused-ring (bicyclic) bond motifs is 3. The van der Waals surface area contributed by atoms with Crippen molar-refractivity contribution in [1.82, 2.24) is 0 Å². The van der Waals surface area contributed by atoms with Crippen LogP contribution >= 0.6 is 11.6 Å². The van der Waals surface area contributed by atoms with Gasteiger partial charge in [0.05, 0.1) is 17.3 Å². The van der Waals surface area contributed by atoms with E-state index in [4.69, 9.17) is 16.3 Å². The Kier molecular flexibility index (Phi) is 1.92. The molecule has 1 fully saturated rings. The molecule has 1 saturated heterocycles. The summed E-state index contributed by atoms with van der Waals surface area (Å²) in [5.41, 5.74) is 2.44. The normalized spacial score (nSPS) is 29.2. The molecule has 3 rings (SSSR count). The number of hydrogen-bond acceptors (Lipinski definition) is 2. The summed E-state index contributed by atoms with van der Waals surface area (Å²) < 4.78 is 5.50. The number of benzene rings is 1. The van der Waals surface area contributed by atoms with Crippen molar-refractivity contribution in [1.29, 1.82) is 0 Å². The average molecular weight is 210 g/mol. The first-order valence-electron chi connectivity index (χ1n) is 4.99. The molecule has 2 aliphatic rings. The molecule has 2 atom stereocenters. The number of anilines is 1. The molecule has 2 aliphatic heterocycles. The Hall–Kier alpha value is -0.730. The van der Waals surface area contributed by atoms with Crippen molar-refractivity contribution >= 4 is 17.3 Å². The predicted molar refractivity (Wildman–Crippen MR) is 57.0 cm³/mol. The van der Waals surface area contributed by atoms with Crippen molar-refractivity contribution in [3.05, 3.63) is 28.8 Å². The molecule has 0 bridgehead atoms. The van der Waals surface area contributed by atoms with Crippen LogP contribution in [0.15, 0.2) is 18.2 Å². The minimum atomic E-state index is 0.498. The zero-order valence-corrected chi connectivity index (χ0v) is 8.55. The zero-order valence-electron chi connectivity index (χ0n) is 7.79. The smallest absolute Gasteiger partial charge is 0.0640 e. The van der Waals surface area contributed by atoms with E-state index >= 15 is 0 Å². The minimum Gasteiger partial charge on any atom is -0.381 e. The number of halogens is 1. The van der Waals surface area contributed by atoms with E-state index in [1.165, 1.54) is 5.56 Å². The zero-order chi connectivity index (χ0) is 9.54. The average Bonchev–Trinajstić information content (AvgIpc) is 2.59. The van der Waals surface area contributed by atoms with E-state index in [0.29, 0.717) is 12.0 Å². The minimum absolute atomic E-state index is 0.498. The van der Waals surface area contributed by atoms with E-state index in [1.807, 2.05) is 12.1 Å². The summed E-state index contributed by atoms with van der Waals surface area (Å²) in [5, 5.41) is 4.32. The largest absolute Gasteiger partial charge is 0.381 e. The summed E-state index contributed by atoms with van der Waals surface area (Å²) in [7, 11) is 0. The fourth-order valence-electron chi connectivity index (χ4n) is 2.40. The van der Waals surface area contributed by atoms with Gasteiger partial charge in [-0.05, 0) is 18.1 Å². The van der Waals surface area contributed by atoms with E-state index < -0.39 is 0 Å². The molecule has 0 saturated carbocycles. The molecular weight excluding hydrogens is 198 g/mol. The summed E-state index contributed by atoms with van der Waals surface area (Å²) >= 11 is 6.13. The maximum atomic E-state index is 6.13. The van der Waals surface area contributed by atoms with Crippen molar-refractivity contribution in [2.75, 3.05) is 18.5 Å². The van der Waals surface area contributed by atoms with Crippen LogP contribution in [-0.4, -0.2) is 19.3 Å². The van der Waals surface area contributed by atoms with Gasteiger partial charge in [0, 0.05) is 18.6 Å². The van der Waals surface area contributed by atoms with Crippen LogP contribution in [0.2, 0.25) is 5.02 Å². The summed E-state index contributed by atoms with van der Waals surface area (Å²) in [4.78, 5) is 0. The van der Waals surface area contributed by atoms with Crippen LogP contribution < -0.4 is 5.32 Å². The predicted octanol–water partition coefficient (Wildman–Crippen LogP) is 2.64. The maximum Gasteiger partial charge on any atom is 0.0640 e. The highest BCUT2D eigenvalue weighted by Gasteiger charge is 2.35. The van der Waals surface area contributed by atoms with Crippen molar-refractivity contribution in [2.45, 2.75) is 18.4 Å². The molecule has 0 aromatic heterocycles. The molecule has 1 aromatic rings. The molecule has 2 heterocycles. The third-order valence-electron chi connectivity index (χ3n) is 3.13. The number of nitrogens with one attached hydrogen (secondary N) is 1. The van der Waals surface area contributed by atoms with Gasteiger partial charge in [-0.15, -0.1) is 0 Å². The van der Waals surface area contributed by atoms with Crippen LogP contribution in [0, 0.1) is 0 Å². The van der Waals surface area contributed by atoms with Crippen molar-refractivity contribution < 1.29 is 4.74 Å². The summed E-state index contributed by atoms with van der Waals surface area (Å²) in [5.74, 6) is 0.498. The number of para-hydroxylation sites is 1. The summed E-state index contributed by atoms with van der Waals surface area (Å²) in [6.07, 6.45) is 1.08. The lowest BCUT2D eigenvalue weighted by atomic mass is 9.93. The van der Waals surface area contributed by atoms with E-state index in [1.54, 1.807) is 0 Å². The molecule has 74 valence electrons. The Morgan fingerprint density at radius 2 is 2.36 bits per heavy atom. The van der Waals surface area contributed by atoms with Gasteiger partial charge >= 0.3 is 0 Å². The molecule has 14 heavy (non-hydrogen) atoms. The topological polar surface area (TPSA) is 21.3 Å². The highest BCUT2D eigenvalue weighted by molar-refractivity contribution is 6.33. The molecule has 1 aromatic carbocycles. The van der Waals surface area contributed by atoms with Crippen LogP contribution in [0.3, 0.4) is 0 Å². The molecule has 3 heteroatoms. The van der Waals surface area contributed by atoms with Gasteiger partial charge in [-0.25, -0.2) is 0 Å². The fourth-order valence-corrected chi connectivity index (χ4v) is 2.64. The van der Waals surface area contributed by atoms with Gasteiger partial charge in [0.25, 0.3) is 0 Å². The Morgan fingerprint density at radius 3 is 3.29 bits per heavy atom. The summed E-state index contributed by atoms with van der Waals surface area (Å²) in [6, 6.07) is 6.62. The van der Waals surface area contributed by atoms with E-state index in [-0.39, 0.29) is 0 Å². The Bertz CT molecular complexity index is 366. The van der Waals surface area contributed by atoms with Gasteiger partial charge in [-0.2, -0.15) is 0 Å². The Labute approximate surface area is 88.2 Å². The molecule has 1 N–H and O–H groups in total. The SMILES string of the molecule is Clc1cccc2c1NC1CCOCC21. The number of ether oxygens (including phenoxy) is 1. The van der Waals surface area contributed by atoms with Gasteiger partial charge in [0.1, 0.15) is 0 Å². The molecule has 0 amide bonds. The molecule has 0 radical (unpaired) electrons. The first-order chi connectivity index (χ1) is 6.86. The molecule has 0 aliphatic carbocycles. The third kappa shape index (κ3) is 1.14. The monoisotopic (exact) mass is 209 g/mol. The lowest BCUT2D eigenvalue weighted by molar-refractivity contribution is 0.0769. The van der Waals surface area contributed by atoms with Crippen molar-refractivity contribution in [3.8, 4) is 0 Å². The highest BCUT2D eigenvalue weighted by atomic mass is 35.5. The van der Waals surface area contributed by atoms with Gasteiger partial charge in [0.15, 0.2) is 0 Å². The second-order valence-corrected chi connectivity index (χ2v) is 4.33. The quantitative estimate of drug-likeness (QED) is 0.710. The van der Waals surface area contributed by atoms with Gasteiger partial charge < -0.3 is 10.1 Å². The molecule has 2 nitrogen and oxygen atoms in total. The standard InChI is InChI=1S/C11H12ClNO/c12-9-3-1-2-7-8-6-14-5-4-10(8)13-11(7)9/h1-3,8,10,13H,4-6H2. The molecular formula is C11H12ClNO. The molecule has 2 unspecified atom stereocenters.